The Hall–Kier alpha value is -0.460. The monoisotopic (exact) mass is 452 g/mol. The molecule has 0 heterocycles. The van der Waals surface area contributed by atoms with Crippen LogP contribution in [0.1, 0.15) is 110 Å². The van der Waals surface area contributed by atoms with Crippen LogP contribution in [0.4, 0.5) is 0 Å². The second-order valence-electron chi connectivity index (χ2n) is 7.93. The van der Waals surface area contributed by atoms with Gasteiger partial charge in [0.15, 0.2) is 0 Å². The van der Waals surface area contributed by atoms with Crippen molar-refractivity contribution in [2.75, 3.05) is 19.8 Å². The van der Waals surface area contributed by atoms with Crippen molar-refractivity contribution >= 4 is 13.8 Å². The Morgan fingerprint density at radius 1 is 0.767 bits per heavy atom. The van der Waals surface area contributed by atoms with Gasteiger partial charge >= 0.3 is 13.8 Å². The van der Waals surface area contributed by atoms with Crippen molar-refractivity contribution in [1.29, 1.82) is 0 Å². The molecule has 8 heteroatoms. The smallest absolute Gasteiger partial charge is 0.463 e. The Morgan fingerprint density at radius 2 is 1.27 bits per heavy atom. The molecule has 0 aliphatic heterocycles. The van der Waals surface area contributed by atoms with Gasteiger partial charge in [-0.3, -0.25) is 13.8 Å². The average Bonchev–Trinajstić information content (AvgIpc) is 2.72. The number of phosphoric acid groups is 1. The molecule has 2 N–H and O–H groups in total. The molecule has 2 unspecified atom stereocenters. The highest BCUT2D eigenvalue weighted by atomic mass is 31.2. The topological polar surface area (TPSA) is 102 Å². The molecule has 0 aromatic rings. The summed E-state index contributed by atoms with van der Waals surface area (Å²) < 4.78 is 25.7. The number of aliphatic hydroxyl groups excluding tert-OH is 1. The van der Waals surface area contributed by atoms with E-state index in [1.54, 1.807) is 6.92 Å². The molecule has 0 amide bonds. The van der Waals surface area contributed by atoms with Gasteiger partial charge in [-0.05, 0) is 12.8 Å². The molecule has 0 rings (SSSR count). The minimum absolute atomic E-state index is 0.0952. The van der Waals surface area contributed by atoms with E-state index in [-0.39, 0.29) is 19.2 Å². The van der Waals surface area contributed by atoms with Crippen LogP contribution in [0.15, 0.2) is 0 Å². The van der Waals surface area contributed by atoms with Crippen molar-refractivity contribution in [3.63, 3.8) is 0 Å². The van der Waals surface area contributed by atoms with Crippen LogP contribution >= 0.6 is 7.82 Å². The zero-order valence-electron chi connectivity index (χ0n) is 19.2. The van der Waals surface area contributed by atoms with Gasteiger partial charge in [-0.2, -0.15) is 0 Å². The first-order valence-corrected chi connectivity index (χ1v) is 13.4. The van der Waals surface area contributed by atoms with Gasteiger partial charge < -0.3 is 14.7 Å². The van der Waals surface area contributed by atoms with Crippen LogP contribution in [0.2, 0.25) is 0 Å². The van der Waals surface area contributed by atoms with Crippen LogP contribution in [0, 0.1) is 0 Å². The van der Waals surface area contributed by atoms with Gasteiger partial charge in [-0.25, -0.2) is 4.57 Å². The van der Waals surface area contributed by atoms with E-state index >= 15 is 0 Å². The molecule has 0 spiro atoms. The van der Waals surface area contributed by atoms with Crippen LogP contribution in [0.5, 0.6) is 0 Å². The first-order chi connectivity index (χ1) is 14.4. The number of esters is 1. The molecule has 2 atom stereocenters. The molecule has 0 bridgehead atoms. The van der Waals surface area contributed by atoms with Gasteiger partial charge in [-0.15, -0.1) is 0 Å². The second-order valence-corrected chi connectivity index (χ2v) is 9.38. The second kappa shape index (κ2) is 20.4. The van der Waals surface area contributed by atoms with E-state index in [9.17, 15) is 19.4 Å². The predicted octanol–water partition coefficient (Wildman–Crippen LogP) is 5.92. The summed E-state index contributed by atoms with van der Waals surface area (Å²) in [6.07, 6.45) is 15.9. The summed E-state index contributed by atoms with van der Waals surface area (Å²) in [5.74, 6) is -0.369. The lowest BCUT2D eigenvalue weighted by Gasteiger charge is -2.15. The summed E-state index contributed by atoms with van der Waals surface area (Å²) >= 11 is 0. The van der Waals surface area contributed by atoms with Gasteiger partial charge in [0.2, 0.25) is 0 Å². The Morgan fingerprint density at radius 3 is 1.77 bits per heavy atom. The van der Waals surface area contributed by atoms with Crippen molar-refractivity contribution in [2.45, 2.75) is 116 Å². The summed E-state index contributed by atoms with van der Waals surface area (Å²) in [5.41, 5.74) is 0. The lowest BCUT2D eigenvalue weighted by Crippen LogP contribution is -2.23. The maximum Gasteiger partial charge on any atom is 0.472 e. The number of aliphatic hydroxyl groups is 1. The van der Waals surface area contributed by atoms with Gasteiger partial charge in [0, 0.05) is 6.42 Å². The zero-order chi connectivity index (χ0) is 22.5. The molecule has 0 radical (unpaired) electrons. The molecule has 180 valence electrons. The molecule has 0 aromatic heterocycles. The fraction of sp³-hybridized carbons (Fsp3) is 0.955. The van der Waals surface area contributed by atoms with Crippen molar-refractivity contribution in [3.8, 4) is 0 Å². The molecule has 0 aliphatic rings. The summed E-state index contributed by atoms with van der Waals surface area (Å²) in [5, 5.41) is 9.68. The number of unbranched alkanes of at least 4 members (excludes halogenated alkanes) is 12. The van der Waals surface area contributed by atoms with Gasteiger partial charge in [0.1, 0.15) is 12.7 Å². The lowest BCUT2D eigenvalue weighted by molar-refractivity contribution is -0.147. The summed E-state index contributed by atoms with van der Waals surface area (Å²) in [6, 6.07) is 0. The molecular formula is C22H45O7P. The molecular weight excluding hydrogens is 407 g/mol. The normalized spacial score (nSPS) is 14.4. The third-order valence-electron chi connectivity index (χ3n) is 4.81. The Kier molecular flexibility index (Phi) is 20.1. The van der Waals surface area contributed by atoms with Crippen LogP contribution < -0.4 is 0 Å². The summed E-state index contributed by atoms with van der Waals surface area (Å²) in [7, 11) is -4.15. The molecule has 30 heavy (non-hydrogen) atoms. The van der Waals surface area contributed by atoms with E-state index in [2.05, 4.69) is 16.0 Å². The minimum atomic E-state index is -4.15. The first-order valence-electron chi connectivity index (χ1n) is 11.9. The Balaban J connectivity index is 3.46. The standard InChI is InChI=1S/C22H45O7P/c1-3-5-6-7-8-9-10-11-12-13-14-15-16-17-22(24)27-19-21(23)20-29-30(25,26)28-18-4-2/h21,23H,3-20H2,1-2H3,(H,25,26). The third kappa shape index (κ3) is 20.8. The van der Waals surface area contributed by atoms with E-state index < -0.39 is 20.5 Å². The van der Waals surface area contributed by atoms with Crippen LogP contribution in [-0.2, 0) is 23.1 Å². The fourth-order valence-corrected chi connectivity index (χ4v) is 3.87. The van der Waals surface area contributed by atoms with Gasteiger partial charge in [0.25, 0.3) is 0 Å². The largest absolute Gasteiger partial charge is 0.472 e. The molecule has 7 nitrogen and oxygen atoms in total. The first kappa shape index (κ1) is 29.5. The highest BCUT2D eigenvalue weighted by Gasteiger charge is 2.22. The number of carbonyl (C=O) groups is 1. The van der Waals surface area contributed by atoms with Gasteiger partial charge in [0.05, 0.1) is 13.2 Å². The molecule has 0 aromatic carbocycles. The van der Waals surface area contributed by atoms with Gasteiger partial charge in [-0.1, -0.05) is 90.9 Å². The molecule has 0 aliphatic carbocycles. The van der Waals surface area contributed by atoms with E-state index in [1.807, 2.05) is 0 Å². The lowest BCUT2D eigenvalue weighted by atomic mass is 10.0. The van der Waals surface area contributed by atoms with Crippen LogP contribution in [-0.4, -0.2) is 41.9 Å². The molecule has 0 fully saturated rings. The number of hydrogen-bond donors (Lipinski definition) is 2. The highest BCUT2D eigenvalue weighted by molar-refractivity contribution is 7.47. The summed E-state index contributed by atoms with van der Waals surface area (Å²) in [4.78, 5) is 21.0. The predicted molar refractivity (Wildman–Crippen MR) is 119 cm³/mol. The SMILES string of the molecule is CCCCCCCCCCCCCCCC(=O)OCC(O)COP(=O)(O)OCCC. The Bertz CT molecular complexity index is 445. The quantitative estimate of drug-likeness (QED) is 0.119. The average molecular weight is 453 g/mol. The minimum Gasteiger partial charge on any atom is -0.463 e. The number of carbonyl (C=O) groups excluding carboxylic acids is 1. The number of phosphoric ester groups is 1. The molecule has 0 saturated heterocycles. The van der Waals surface area contributed by atoms with Crippen molar-refractivity contribution < 1.29 is 33.1 Å². The maximum absolute atomic E-state index is 11.7. The van der Waals surface area contributed by atoms with E-state index in [0.29, 0.717) is 12.8 Å². The van der Waals surface area contributed by atoms with Crippen molar-refractivity contribution in [1.82, 2.24) is 0 Å². The van der Waals surface area contributed by atoms with E-state index in [0.717, 1.165) is 19.3 Å². The number of rotatable bonds is 22. The maximum atomic E-state index is 11.7. The Labute approximate surface area is 183 Å². The van der Waals surface area contributed by atoms with Crippen molar-refractivity contribution in [2.24, 2.45) is 0 Å². The van der Waals surface area contributed by atoms with Crippen LogP contribution in [0.25, 0.3) is 0 Å². The number of hydrogen-bond acceptors (Lipinski definition) is 6. The number of ether oxygens (including phenoxy) is 1. The van der Waals surface area contributed by atoms with Crippen molar-refractivity contribution in [3.05, 3.63) is 0 Å². The summed E-state index contributed by atoms with van der Waals surface area (Å²) in [6.45, 7) is 3.45. The fourth-order valence-electron chi connectivity index (χ4n) is 3.02. The van der Waals surface area contributed by atoms with E-state index in [1.165, 1.54) is 64.2 Å². The highest BCUT2D eigenvalue weighted by Crippen LogP contribution is 2.43. The van der Waals surface area contributed by atoms with E-state index in [4.69, 9.17) is 4.74 Å². The van der Waals surface area contributed by atoms with Crippen LogP contribution in [0.3, 0.4) is 0 Å². The molecule has 0 saturated carbocycles. The zero-order valence-corrected chi connectivity index (χ0v) is 20.1. The third-order valence-corrected chi connectivity index (χ3v) is 5.79.